The summed E-state index contributed by atoms with van der Waals surface area (Å²) in [6.07, 6.45) is 3.77. The van der Waals surface area contributed by atoms with Gasteiger partial charge < -0.3 is 0 Å². The minimum absolute atomic E-state index is 0.324. The van der Waals surface area contributed by atoms with Gasteiger partial charge in [0.15, 0.2) is 0 Å². The van der Waals surface area contributed by atoms with Crippen LogP contribution in [0.4, 0.5) is 0 Å². The lowest BCUT2D eigenvalue weighted by Crippen LogP contribution is -2.10. The molecule has 0 heteroatoms. The van der Waals surface area contributed by atoms with Crippen molar-refractivity contribution in [2.45, 2.75) is 47.0 Å². The van der Waals surface area contributed by atoms with E-state index in [4.69, 9.17) is 0 Å². The van der Waals surface area contributed by atoms with Crippen LogP contribution in [0, 0.1) is 18.3 Å². The number of hydrogen-bond donors (Lipinski definition) is 0. The lowest BCUT2D eigenvalue weighted by Gasteiger charge is -2.22. The maximum atomic E-state index is 4.16. The van der Waals surface area contributed by atoms with E-state index in [0.717, 1.165) is 5.92 Å². The Kier molecular flexibility index (Phi) is 4.00. The zero-order chi connectivity index (χ0) is 8.20. The molecular formula is C10H21. The van der Waals surface area contributed by atoms with Crippen LogP contribution in [0.5, 0.6) is 0 Å². The Balaban J connectivity index is 3.46. The van der Waals surface area contributed by atoms with E-state index in [1.165, 1.54) is 19.3 Å². The van der Waals surface area contributed by atoms with Gasteiger partial charge in [-0.15, -0.1) is 0 Å². The van der Waals surface area contributed by atoms with Crippen molar-refractivity contribution in [3.05, 3.63) is 6.92 Å². The van der Waals surface area contributed by atoms with Gasteiger partial charge in [0, 0.05) is 0 Å². The monoisotopic (exact) mass is 141 g/mol. The minimum Gasteiger partial charge on any atom is -0.0649 e. The summed E-state index contributed by atoms with van der Waals surface area (Å²) in [5, 5.41) is 0. The predicted molar refractivity (Wildman–Crippen MR) is 47.8 cm³/mol. The minimum atomic E-state index is 0.324. The Bertz CT molecular complexity index is 80.0. The van der Waals surface area contributed by atoms with Gasteiger partial charge in [-0.2, -0.15) is 0 Å². The summed E-state index contributed by atoms with van der Waals surface area (Å²) in [5.41, 5.74) is 0.324. The van der Waals surface area contributed by atoms with E-state index in [9.17, 15) is 0 Å². The number of rotatable bonds is 4. The summed E-state index contributed by atoms with van der Waals surface area (Å²) in [7, 11) is 0. The first-order valence-corrected chi connectivity index (χ1v) is 4.33. The maximum Gasteiger partial charge on any atom is -0.0328 e. The van der Waals surface area contributed by atoms with Crippen LogP contribution in [0.25, 0.3) is 0 Å². The summed E-state index contributed by atoms with van der Waals surface area (Å²) in [6.45, 7) is 13.2. The lowest BCUT2D eigenvalue weighted by molar-refractivity contribution is 0.335. The molecule has 0 fully saturated rings. The predicted octanol–water partition coefficient (Wildman–Crippen LogP) is 3.67. The molecule has 0 aromatic rings. The Hall–Kier alpha value is 0. The summed E-state index contributed by atoms with van der Waals surface area (Å²) in [5.74, 6) is 0.827. The van der Waals surface area contributed by atoms with Gasteiger partial charge in [-0.3, -0.25) is 0 Å². The van der Waals surface area contributed by atoms with Crippen LogP contribution in [0.1, 0.15) is 47.0 Å². The standard InChI is InChI=1S/C10H21/c1-6-10(4,5)8-7-9(2)3/h9H,4,6-8H2,1-3,5H3. The fourth-order valence-corrected chi connectivity index (χ4v) is 0.814. The smallest absolute Gasteiger partial charge is 0.0328 e. The van der Waals surface area contributed by atoms with Crippen LogP contribution in [0.2, 0.25) is 0 Å². The van der Waals surface area contributed by atoms with Gasteiger partial charge in [0.05, 0.1) is 0 Å². The molecule has 0 bridgehead atoms. The molecule has 1 unspecified atom stereocenters. The topological polar surface area (TPSA) is 0 Å². The molecule has 61 valence electrons. The molecule has 0 aliphatic carbocycles. The second-order valence-electron chi connectivity index (χ2n) is 4.10. The second kappa shape index (κ2) is 4.00. The number of hydrogen-bond acceptors (Lipinski definition) is 0. The van der Waals surface area contributed by atoms with Gasteiger partial charge in [0.1, 0.15) is 0 Å². The highest BCUT2D eigenvalue weighted by Crippen LogP contribution is 2.27. The Morgan fingerprint density at radius 3 is 2.20 bits per heavy atom. The highest BCUT2D eigenvalue weighted by molar-refractivity contribution is 4.74. The van der Waals surface area contributed by atoms with E-state index < -0.39 is 0 Å². The van der Waals surface area contributed by atoms with Crippen LogP contribution >= 0.6 is 0 Å². The molecule has 0 saturated carbocycles. The van der Waals surface area contributed by atoms with Gasteiger partial charge in [-0.25, -0.2) is 0 Å². The first kappa shape index (κ1) is 10.0. The molecule has 0 aliphatic rings. The second-order valence-corrected chi connectivity index (χ2v) is 4.10. The van der Waals surface area contributed by atoms with Gasteiger partial charge in [0.2, 0.25) is 0 Å². The third-order valence-electron chi connectivity index (χ3n) is 2.18. The average Bonchev–Trinajstić information content (AvgIpc) is 1.85. The van der Waals surface area contributed by atoms with Crippen molar-refractivity contribution in [1.29, 1.82) is 0 Å². The fraction of sp³-hybridized carbons (Fsp3) is 0.900. The van der Waals surface area contributed by atoms with Crippen molar-refractivity contribution in [3.63, 3.8) is 0 Å². The quantitative estimate of drug-likeness (QED) is 0.560. The Labute approximate surface area is 66.0 Å². The summed E-state index contributed by atoms with van der Waals surface area (Å²) in [4.78, 5) is 0. The van der Waals surface area contributed by atoms with Crippen molar-refractivity contribution in [2.24, 2.45) is 11.3 Å². The Morgan fingerprint density at radius 1 is 1.40 bits per heavy atom. The van der Waals surface area contributed by atoms with Crippen molar-refractivity contribution in [2.75, 3.05) is 0 Å². The highest BCUT2D eigenvalue weighted by atomic mass is 14.2. The molecular weight excluding hydrogens is 120 g/mol. The van der Waals surface area contributed by atoms with Crippen LogP contribution in [-0.4, -0.2) is 0 Å². The van der Waals surface area contributed by atoms with E-state index in [1.807, 2.05) is 0 Å². The molecule has 0 spiro atoms. The molecule has 0 saturated heterocycles. The van der Waals surface area contributed by atoms with Crippen molar-refractivity contribution < 1.29 is 0 Å². The fourth-order valence-electron chi connectivity index (χ4n) is 0.814. The first-order chi connectivity index (χ1) is 4.48. The molecule has 0 aliphatic heterocycles. The molecule has 0 aromatic carbocycles. The molecule has 0 nitrogen and oxygen atoms in total. The van der Waals surface area contributed by atoms with E-state index in [-0.39, 0.29) is 0 Å². The maximum absolute atomic E-state index is 4.16. The summed E-state index contributed by atoms with van der Waals surface area (Å²) >= 11 is 0. The van der Waals surface area contributed by atoms with Gasteiger partial charge in [0.25, 0.3) is 0 Å². The molecule has 0 rings (SSSR count). The van der Waals surface area contributed by atoms with Crippen molar-refractivity contribution >= 4 is 0 Å². The molecule has 1 atom stereocenters. The summed E-state index contributed by atoms with van der Waals surface area (Å²) in [6, 6.07) is 0. The van der Waals surface area contributed by atoms with Crippen molar-refractivity contribution in [1.82, 2.24) is 0 Å². The normalized spacial score (nSPS) is 12.6. The van der Waals surface area contributed by atoms with Gasteiger partial charge in [-0.05, 0) is 24.7 Å². The third kappa shape index (κ3) is 4.84. The zero-order valence-corrected chi connectivity index (χ0v) is 7.91. The molecule has 0 amide bonds. The first-order valence-electron chi connectivity index (χ1n) is 4.33. The van der Waals surface area contributed by atoms with Crippen LogP contribution < -0.4 is 0 Å². The van der Waals surface area contributed by atoms with Crippen LogP contribution in [0.3, 0.4) is 0 Å². The molecule has 10 heavy (non-hydrogen) atoms. The van der Waals surface area contributed by atoms with E-state index >= 15 is 0 Å². The third-order valence-corrected chi connectivity index (χ3v) is 2.18. The molecule has 0 aromatic heterocycles. The van der Waals surface area contributed by atoms with Crippen LogP contribution in [-0.2, 0) is 0 Å². The van der Waals surface area contributed by atoms with Gasteiger partial charge >= 0.3 is 0 Å². The molecule has 0 N–H and O–H groups in total. The molecule has 0 heterocycles. The summed E-state index contributed by atoms with van der Waals surface area (Å²) < 4.78 is 0. The van der Waals surface area contributed by atoms with Gasteiger partial charge in [-0.1, -0.05) is 40.5 Å². The average molecular weight is 141 g/mol. The van der Waals surface area contributed by atoms with E-state index in [0.29, 0.717) is 5.41 Å². The van der Waals surface area contributed by atoms with Crippen molar-refractivity contribution in [3.8, 4) is 0 Å². The zero-order valence-electron chi connectivity index (χ0n) is 7.91. The van der Waals surface area contributed by atoms with Crippen LogP contribution in [0.15, 0.2) is 0 Å². The largest absolute Gasteiger partial charge is 0.0649 e. The SMILES string of the molecule is [CH2]C(C)(CC)CCC(C)C. The Morgan fingerprint density at radius 2 is 1.90 bits per heavy atom. The van der Waals surface area contributed by atoms with E-state index in [2.05, 4.69) is 34.6 Å². The highest BCUT2D eigenvalue weighted by Gasteiger charge is 2.14. The van der Waals surface area contributed by atoms with E-state index in [1.54, 1.807) is 0 Å². The molecule has 1 radical (unpaired) electrons. The lowest BCUT2D eigenvalue weighted by atomic mass is 9.83.